The highest BCUT2D eigenvalue weighted by atomic mass is 35.5. The highest BCUT2D eigenvalue weighted by molar-refractivity contribution is 6.31. The van der Waals surface area contributed by atoms with Gasteiger partial charge in [0.1, 0.15) is 11.3 Å². The number of benzene rings is 2. The summed E-state index contributed by atoms with van der Waals surface area (Å²) in [5, 5.41) is 13.8. The Hall–Kier alpha value is -2.79. The van der Waals surface area contributed by atoms with Gasteiger partial charge in [0.2, 0.25) is 0 Å². The van der Waals surface area contributed by atoms with Gasteiger partial charge in [0, 0.05) is 16.1 Å². The van der Waals surface area contributed by atoms with Crippen molar-refractivity contribution in [3.05, 3.63) is 69.0 Å². The number of para-hydroxylation sites is 1. The minimum atomic E-state index is -0.695. The Morgan fingerprint density at radius 2 is 1.96 bits per heavy atom. The number of carbonyl (C=O) groups is 1. The van der Waals surface area contributed by atoms with Gasteiger partial charge < -0.3 is 15.4 Å². The zero-order valence-electron chi connectivity index (χ0n) is 12.2. The molecule has 0 saturated heterocycles. The number of aromatic hydroxyl groups is 1. The Morgan fingerprint density at radius 1 is 1.22 bits per heavy atom. The second-order valence-electron chi connectivity index (χ2n) is 5.14. The van der Waals surface area contributed by atoms with Crippen LogP contribution in [-0.2, 0) is 0 Å². The SMILES string of the molecule is Cc1ccc(Cl)cc1NC(=O)c1c(O)c2ccccc2[nH]c1=O. The molecule has 0 fully saturated rings. The summed E-state index contributed by atoms with van der Waals surface area (Å²) >= 11 is 5.92. The van der Waals surface area contributed by atoms with Crippen molar-refractivity contribution in [3.63, 3.8) is 0 Å². The third-order valence-electron chi connectivity index (χ3n) is 3.57. The van der Waals surface area contributed by atoms with Crippen molar-refractivity contribution < 1.29 is 9.90 Å². The molecule has 1 aromatic heterocycles. The molecule has 0 aliphatic heterocycles. The number of anilines is 1. The fourth-order valence-electron chi connectivity index (χ4n) is 2.35. The van der Waals surface area contributed by atoms with Crippen LogP contribution in [0.1, 0.15) is 15.9 Å². The predicted octanol–water partition coefficient (Wildman–Crippen LogP) is 3.45. The lowest BCUT2D eigenvalue weighted by molar-refractivity contribution is 0.102. The molecule has 0 unspecified atom stereocenters. The summed E-state index contributed by atoms with van der Waals surface area (Å²) in [6.45, 7) is 1.80. The van der Waals surface area contributed by atoms with Crippen LogP contribution in [0.2, 0.25) is 5.02 Å². The van der Waals surface area contributed by atoms with E-state index < -0.39 is 11.5 Å². The topological polar surface area (TPSA) is 82.2 Å². The van der Waals surface area contributed by atoms with Crippen molar-refractivity contribution >= 4 is 34.1 Å². The first-order valence-electron chi connectivity index (χ1n) is 6.89. The van der Waals surface area contributed by atoms with Gasteiger partial charge >= 0.3 is 0 Å². The van der Waals surface area contributed by atoms with Crippen LogP contribution in [0.3, 0.4) is 0 Å². The van der Waals surface area contributed by atoms with Crippen molar-refractivity contribution in [2.75, 3.05) is 5.32 Å². The fraction of sp³-hybridized carbons (Fsp3) is 0.0588. The number of pyridine rings is 1. The molecular weight excluding hydrogens is 316 g/mol. The van der Waals surface area contributed by atoms with Gasteiger partial charge in [-0.3, -0.25) is 9.59 Å². The van der Waals surface area contributed by atoms with Gasteiger partial charge in [-0.15, -0.1) is 0 Å². The Balaban J connectivity index is 2.08. The van der Waals surface area contributed by atoms with E-state index in [2.05, 4.69) is 10.3 Å². The number of nitrogens with one attached hydrogen (secondary N) is 2. The summed E-state index contributed by atoms with van der Waals surface area (Å²) < 4.78 is 0. The maximum Gasteiger partial charge on any atom is 0.265 e. The highest BCUT2D eigenvalue weighted by Gasteiger charge is 2.19. The third kappa shape index (κ3) is 2.78. The normalized spacial score (nSPS) is 10.7. The number of halogens is 1. The number of H-pyrrole nitrogens is 1. The molecule has 0 atom stereocenters. The first-order valence-corrected chi connectivity index (χ1v) is 7.26. The van der Waals surface area contributed by atoms with Crippen LogP contribution in [0.15, 0.2) is 47.3 Å². The molecule has 0 saturated carbocycles. The Bertz CT molecular complexity index is 979. The van der Waals surface area contributed by atoms with Crippen LogP contribution in [0.25, 0.3) is 10.9 Å². The van der Waals surface area contributed by atoms with Crippen molar-refractivity contribution in [1.29, 1.82) is 0 Å². The van der Waals surface area contributed by atoms with Crippen LogP contribution < -0.4 is 10.9 Å². The summed E-state index contributed by atoms with van der Waals surface area (Å²) in [5.41, 5.74) is 0.751. The fourth-order valence-corrected chi connectivity index (χ4v) is 2.52. The molecule has 0 radical (unpaired) electrons. The second-order valence-corrected chi connectivity index (χ2v) is 5.57. The zero-order valence-corrected chi connectivity index (χ0v) is 12.9. The molecule has 116 valence electrons. The minimum absolute atomic E-state index is 0.330. The van der Waals surface area contributed by atoms with Gasteiger partial charge in [-0.2, -0.15) is 0 Å². The first-order chi connectivity index (χ1) is 11.0. The molecule has 0 spiro atoms. The van der Waals surface area contributed by atoms with Gasteiger partial charge in [-0.05, 0) is 36.8 Å². The number of aryl methyl sites for hydroxylation is 1. The predicted molar refractivity (Wildman–Crippen MR) is 90.4 cm³/mol. The summed E-state index contributed by atoms with van der Waals surface area (Å²) in [6, 6.07) is 11.8. The van der Waals surface area contributed by atoms with E-state index in [9.17, 15) is 14.7 Å². The van der Waals surface area contributed by atoms with Gasteiger partial charge in [0.05, 0.1) is 5.52 Å². The number of amides is 1. The number of hydrogen-bond acceptors (Lipinski definition) is 3. The Kier molecular flexibility index (Phi) is 3.80. The lowest BCUT2D eigenvalue weighted by Gasteiger charge is -2.10. The summed E-state index contributed by atoms with van der Waals surface area (Å²) in [5.74, 6) is -1.04. The van der Waals surface area contributed by atoms with Crippen LogP contribution in [0, 0.1) is 6.92 Å². The van der Waals surface area contributed by atoms with Gasteiger partial charge in [0.25, 0.3) is 11.5 Å². The van der Waals surface area contributed by atoms with E-state index in [4.69, 9.17) is 11.6 Å². The van der Waals surface area contributed by atoms with E-state index in [-0.39, 0.29) is 11.3 Å². The van der Waals surface area contributed by atoms with Crippen LogP contribution in [-0.4, -0.2) is 16.0 Å². The molecule has 2 aromatic carbocycles. The monoisotopic (exact) mass is 328 g/mol. The summed E-state index contributed by atoms with van der Waals surface area (Å²) in [7, 11) is 0. The molecule has 3 N–H and O–H groups in total. The van der Waals surface area contributed by atoms with Gasteiger partial charge in [-0.25, -0.2) is 0 Å². The van der Waals surface area contributed by atoms with E-state index in [1.165, 1.54) is 0 Å². The average Bonchev–Trinajstić information content (AvgIpc) is 2.51. The van der Waals surface area contributed by atoms with Gasteiger partial charge in [-0.1, -0.05) is 29.8 Å². The van der Waals surface area contributed by atoms with Crippen molar-refractivity contribution in [3.8, 4) is 5.75 Å². The smallest absolute Gasteiger partial charge is 0.265 e. The maximum absolute atomic E-state index is 12.4. The molecular formula is C17H13ClN2O3. The number of carbonyl (C=O) groups excluding carboxylic acids is 1. The second kappa shape index (κ2) is 5.78. The maximum atomic E-state index is 12.4. The average molecular weight is 329 g/mol. The Morgan fingerprint density at radius 3 is 2.74 bits per heavy atom. The zero-order chi connectivity index (χ0) is 16.6. The standard InChI is InChI=1S/C17H13ClN2O3/c1-9-6-7-10(18)8-13(9)20-17(23)14-15(21)11-4-2-3-5-12(11)19-16(14)22/h2-8H,1H3,(H,20,23)(H2,19,21,22). The summed E-state index contributed by atoms with van der Waals surface area (Å²) in [4.78, 5) is 27.2. The van der Waals surface area contributed by atoms with Crippen molar-refractivity contribution in [2.45, 2.75) is 6.92 Å². The first kappa shape index (κ1) is 15.1. The molecule has 5 nitrogen and oxygen atoms in total. The molecule has 3 rings (SSSR count). The number of aromatic nitrogens is 1. The van der Waals surface area contributed by atoms with Gasteiger partial charge in [0.15, 0.2) is 0 Å². The molecule has 23 heavy (non-hydrogen) atoms. The molecule has 0 bridgehead atoms. The number of fused-ring (bicyclic) bond motifs is 1. The quantitative estimate of drug-likeness (QED) is 0.674. The lowest BCUT2D eigenvalue weighted by Crippen LogP contribution is -2.23. The largest absolute Gasteiger partial charge is 0.506 e. The van der Waals surface area contributed by atoms with E-state index in [0.29, 0.717) is 21.6 Å². The minimum Gasteiger partial charge on any atom is -0.506 e. The van der Waals surface area contributed by atoms with E-state index in [1.54, 1.807) is 49.4 Å². The molecule has 0 aliphatic rings. The highest BCUT2D eigenvalue weighted by Crippen LogP contribution is 2.26. The lowest BCUT2D eigenvalue weighted by atomic mass is 10.1. The summed E-state index contributed by atoms with van der Waals surface area (Å²) in [6.07, 6.45) is 0. The van der Waals surface area contributed by atoms with Crippen LogP contribution in [0.5, 0.6) is 5.75 Å². The van der Waals surface area contributed by atoms with E-state index in [0.717, 1.165) is 5.56 Å². The number of rotatable bonds is 2. The molecule has 1 heterocycles. The van der Waals surface area contributed by atoms with Crippen LogP contribution in [0.4, 0.5) is 5.69 Å². The Labute approximate surface area is 136 Å². The molecule has 1 amide bonds. The number of aromatic amines is 1. The number of hydrogen-bond donors (Lipinski definition) is 3. The van der Waals surface area contributed by atoms with Crippen LogP contribution >= 0.6 is 11.6 Å². The van der Waals surface area contributed by atoms with E-state index in [1.807, 2.05) is 0 Å². The molecule has 0 aliphatic carbocycles. The van der Waals surface area contributed by atoms with Crippen molar-refractivity contribution in [1.82, 2.24) is 4.98 Å². The van der Waals surface area contributed by atoms with E-state index >= 15 is 0 Å². The van der Waals surface area contributed by atoms with Crippen molar-refractivity contribution in [2.24, 2.45) is 0 Å². The molecule has 6 heteroatoms. The third-order valence-corrected chi connectivity index (χ3v) is 3.80. The molecule has 3 aromatic rings.